The van der Waals surface area contributed by atoms with Crippen molar-refractivity contribution >= 4 is 21.4 Å². The Morgan fingerprint density at radius 1 is 1.50 bits per heavy atom. The highest BCUT2D eigenvalue weighted by Crippen LogP contribution is 2.08. The number of rotatable bonds is 6. The third-order valence-corrected chi connectivity index (χ3v) is 4.01. The van der Waals surface area contributed by atoms with Gasteiger partial charge < -0.3 is 5.73 Å². The SMILES string of the molecule is NCCS(=O)(=O)NCCc1cccs1. The van der Waals surface area contributed by atoms with Crippen LogP contribution in [0.2, 0.25) is 0 Å². The van der Waals surface area contributed by atoms with Crippen LogP contribution < -0.4 is 10.5 Å². The van der Waals surface area contributed by atoms with Crippen LogP contribution in [0.15, 0.2) is 17.5 Å². The van der Waals surface area contributed by atoms with E-state index in [9.17, 15) is 8.42 Å². The maximum atomic E-state index is 11.2. The van der Waals surface area contributed by atoms with E-state index in [0.717, 1.165) is 6.42 Å². The van der Waals surface area contributed by atoms with E-state index in [2.05, 4.69) is 4.72 Å². The number of hydrogen-bond donors (Lipinski definition) is 2. The van der Waals surface area contributed by atoms with Crippen LogP contribution >= 0.6 is 11.3 Å². The van der Waals surface area contributed by atoms with Gasteiger partial charge in [-0.1, -0.05) is 6.07 Å². The Bertz CT molecular complexity index is 345. The first-order chi connectivity index (χ1) is 6.64. The lowest BCUT2D eigenvalue weighted by atomic mass is 10.3. The summed E-state index contributed by atoms with van der Waals surface area (Å²) < 4.78 is 24.8. The van der Waals surface area contributed by atoms with Gasteiger partial charge in [0.25, 0.3) is 0 Å². The Kier molecular flexibility index (Phi) is 4.53. The normalized spacial score (nSPS) is 11.8. The Hall–Kier alpha value is -0.430. The molecule has 0 saturated carbocycles. The molecule has 80 valence electrons. The molecule has 3 N–H and O–H groups in total. The van der Waals surface area contributed by atoms with Crippen LogP contribution in [-0.4, -0.2) is 27.3 Å². The molecular formula is C8H14N2O2S2. The smallest absolute Gasteiger partial charge is 0.212 e. The van der Waals surface area contributed by atoms with E-state index in [0.29, 0.717) is 6.54 Å². The molecule has 0 fully saturated rings. The molecule has 0 saturated heterocycles. The second-order valence-corrected chi connectivity index (χ2v) is 5.79. The van der Waals surface area contributed by atoms with Gasteiger partial charge in [-0.15, -0.1) is 11.3 Å². The third-order valence-electron chi connectivity index (χ3n) is 1.66. The van der Waals surface area contributed by atoms with Crippen LogP contribution in [0.3, 0.4) is 0 Å². The molecule has 0 aromatic carbocycles. The maximum absolute atomic E-state index is 11.2. The molecule has 0 atom stereocenters. The Labute approximate surface area is 88.2 Å². The molecule has 0 amide bonds. The third kappa shape index (κ3) is 4.19. The minimum atomic E-state index is -3.16. The molecule has 14 heavy (non-hydrogen) atoms. The van der Waals surface area contributed by atoms with E-state index in [-0.39, 0.29) is 12.3 Å². The summed E-state index contributed by atoms with van der Waals surface area (Å²) in [6.07, 6.45) is 0.738. The summed E-state index contributed by atoms with van der Waals surface area (Å²) in [5, 5.41) is 1.98. The summed E-state index contributed by atoms with van der Waals surface area (Å²) in [4.78, 5) is 1.18. The van der Waals surface area contributed by atoms with Crippen LogP contribution in [0.5, 0.6) is 0 Å². The van der Waals surface area contributed by atoms with Crippen molar-refractivity contribution < 1.29 is 8.42 Å². The van der Waals surface area contributed by atoms with Crippen LogP contribution in [0.1, 0.15) is 4.88 Å². The predicted molar refractivity (Wildman–Crippen MR) is 58.9 cm³/mol. The number of sulfonamides is 1. The number of nitrogens with two attached hydrogens (primary N) is 1. The zero-order valence-corrected chi connectivity index (χ0v) is 9.40. The largest absolute Gasteiger partial charge is 0.329 e. The van der Waals surface area contributed by atoms with Gasteiger partial charge in [0.1, 0.15) is 0 Å². The fourth-order valence-corrected chi connectivity index (χ4v) is 2.59. The Balaban J connectivity index is 2.28. The summed E-state index contributed by atoms with van der Waals surface area (Å²) in [6, 6.07) is 3.94. The van der Waals surface area contributed by atoms with Crippen LogP contribution in [0.25, 0.3) is 0 Å². The fraction of sp³-hybridized carbons (Fsp3) is 0.500. The van der Waals surface area contributed by atoms with Crippen molar-refractivity contribution in [2.75, 3.05) is 18.8 Å². The van der Waals surface area contributed by atoms with E-state index in [4.69, 9.17) is 5.73 Å². The van der Waals surface area contributed by atoms with Crippen molar-refractivity contribution in [1.82, 2.24) is 4.72 Å². The second-order valence-electron chi connectivity index (χ2n) is 2.83. The highest BCUT2D eigenvalue weighted by atomic mass is 32.2. The summed E-state index contributed by atoms with van der Waals surface area (Å²) in [5.41, 5.74) is 5.16. The molecule has 4 nitrogen and oxygen atoms in total. The molecule has 0 bridgehead atoms. The predicted octanol–water partition coefficient (Wildman–Crippen LogP) is 0.169. The van der Waals surface area contributed by atoms with Gasteiger partial charge in [0.05, 0.1) is 5.75 Å². The minimum absolute atomic E-state index is 0.00254. The lowest BCUT2D eigenvalue weighted by Gasteiger charge is -2.03. The first kappa shape index (κ1) is 11.6. The first-order valence-electron chi connectivity index (χ1n) is 4.34. The molecule has 0 aliphatic heterocycles. The summed E-state index contributed by atoms with van der Waals surface area (Å²) in [6.45, 7) is 0.608. The van der Waals surface area contributed by atoms with Gasteiger partial charge in [0, 0.05) is 18.0 Å². The lowest BCUT2D eigenvalue weighted by molar-refractivity contribution is 0.581. The maximum Gasteiger partial charge on any atom is 0.212 e. The second kappa shape index (κ2) is 5.45. The molecule has 1 aromatic heterocycles. The van der Waals surface area contributed by atoms with Gasteiger partial charge in [-0.25, -0.2) is 13.1 Å². The molecule has 1 heterocycles. The van der Waals surface area contributed by atoms with E-state index in [1.54, 1.807) is 11.3 Å². The van der Waals surface area contributed by atoms with Crippen molar-refractivity contribution in [3.63, 3.8) is 0 Å². The van der Waals surface area contributed by atoms with E-state index in [1.165, 1.54) is 4.88 Å². The van der Waals surface area contributed by atoms with Gasteiger partial charge >= 0.3 is 0 Å². The average Bonchev–Trinajstić information content (AvgIpc) is 2.56. The van der Waals surface area contributed by atoms with Crippen molar-refractivity contribution in [2.24, 2.45) is 5.73 Å². The monoisotopic (exact) mass is 234 g/mol. The quantitative estimate of drug-likeness (QED) is 0.737. The highest BCUT2D eigenvalue weighted by molar-refractivity contribution is 7.89. The average molecular weight is 234 g/mol. The molecule has 0 aliphatic carbocycles. The summed E-state index contributed by atoms with van der Waals surface area (Å²) in [7, 11) is -3.16. The molecule has 1 rings (SSSR count). The first-order valence-corrected chi connectivity index (χ1v) is 6.87. The standard InChI is InChI=1S/C8H14N2O2S2/c9-4-7-14(11,12)10-5-3-8-2-1-6-13-8/h1-2,6,10H,3-5,7,9H2. The van der Waals surface area contributed by atoms with Crippen LogP contribution in [-0.2, 0) is 16.4 Å². The molecule has 0 spiro atoms. The Morgan fingerprint density at radius 3 is 2.86 bits per heavy atom. The molecule has 6 heteroatoms. The van der Waals surface area contributed by atoms with Gasteiger partial charge in [-0.05, 0) is 17.9 Å². The van der Waals surface area contributed by atoms with Crippen molar-refractivity contribution in [3.8, 4) is 0 Å². The van der Waals surface area contributed by atoms with E-state index >= 15 is 0 Å². The zero-order valence-electron chi connectivity index (χ0n) is 7.77. The topological polar surface area (TPSA) is 72.2 Å². The van der Waals surface area contributed by atoms with E-state index < -0.39 is 10.0 Å². The molecule has 0 radical (unpaired) electrons. The molecule has 0 aliphatic rings. The number of nitrogens with one attached hydrogen (secondary N) is 1. The zero-order chi connectivity index (χ0) is 10.4. The van der Waals surface area contributed by atoms with Crippen LogP contribution in [0.4, 0.5) is 0 Å². The summed E-state index contributed by atoms with van der Waals surface area (Å²) >= 11 is 1.63. The van der Waals surface area contributed by atoms with Crippen molar-refractivity contribution in [2.45, 2.75) is 6.42 Å². The van der Waals surface area contributed by atoms with Crippen molar-refractivity contribution in [3.05, 3.63) is 22.4 Å². The van der Waals surface area contributed by atoms with Gasteiger partial charge in [-0.3, -0.25) is 0 Å². The fourth-order valence-electron chi connectivity index (χ4n) is 1.01. The van der Waals surface area contributed by atoms with Gasteiger partial charge in [-0.2, -0.15) is 0 Å². The van der Waals surface area contributed by atoms with Crippen molar-refractivity contribution in [1.29, 1.82) is 0 Å². The highest BCUT2D eigenvalue weighted by Gasteiger charge is 2.07. The van der Waals surface area contributed by atoms with Gasteiger partial charge in [0.15, 0.2) is 0 Å². The molecular weight excluding hydrogens is 220 g/mol. The summed E-state index contributed by atoms with van der Waals surface area (Å²) in [5.74, 6) is -0.00254. The molecule has 0 unspecified atom stereocenters. The Morgan fingerprint density at radius 2 is 2.29 bits per heavy atom. The van der Waals surface area contributed by atoms with Crippen LogP contribution in [0, 0.1) is 0 Å². The molecule has 1 aromatic rings. The number of hydrogen-bond acceptors (Lipinski definition) is 4. The van der Waals surface area contributed by atoms with E-state index in [1.807, 2.05) is 17.5 Å². The lowest BCUT2D eigenvalue weighted by Crippen LogP contribution is -2.31. The minimum Gasteiger partial charge on any atom is -0.329 e. The van der Waals surface area contributed by atoms with Gasteiger partial charge in [0.2, 0.25) is 10.0 Å². The number of thiophene rings is 1.